The van der Waals surface area contributed by atoms with Crippen LogP contribution in [-0.4, -0.2) is 41.5 Å². The van der Waals surface area contributed by atoms with Crippen LogP contribution in [0.15, 0.2) is 18.2 Å². The summed E-state index contributed by atoms with van der Waals surface area (Å²) in [5.41, 5.74) is 0.427. The average Bonchev–Trinajstić information content (AvgIpc) is 3.16. The molecule has 0 aliphatic heterocycles. The zero-order valence-electron chi connectivity index (χ0n) is 11.3. The lowest BCUT2D eigenvalue weighted by Gasteiger charge is -2.19. The molecule has 1 aromatic rings. The Hall–Kier alpha value is -1.30. The van der Waals surface area contributed by atoms with Crippen LogP contribution in [0.5, 0.6) is 0 Å². The van der Waals surface area contributed by atoms with Crippen molar-refractivity contribution in [2.24, 2.45) is 5.92 Å². The molecule has 21 heavy (non-hydrogen) atoms. The molecule has 0 spiro atoms. The first-order chi connectivity index (χ1) is 9.94. The third-order valence-electron chi connectivity index (χ3n) is 3.14. The highest BCUT2D eigenvalue weighted by Crippen LogP contribution is 2.29. The first kappa shape index (κ1) is 16.1. The molecule has 0 radical (unpaired) electrons. The summed E-state index contributed by atoms with van der Waals surface area (Å²) < 4.78 is 0. The summed E-state index contributed by atoms with van der Waals surface area (Å²) in [5.74, 6) is -0.739. The Balaban J connectivity index is 1.94. The number of carboxylic acid groups (broad SMARTS) is 1. The third kappa shape index (κ3) is 5.53. The molecule has 1 fully saturated rings. The second-order valence-corrected chi connectivity index (χ2v) is 6.02. The monoisotopic (exact) mass is 330 g/mol. The van der Waals surface area contributed by atoms with Crippen LogP contribution in [0.25, 0.3) is 0 Å². The predicted octanol–water partition coefficient (Wildman–Crippen LogP) is 2.73. The van der Waals surface area contributed by atoms with Crippen LogP contribution < -0.4 is 5.32 Å². The zero-order valence-corrected chi connectivity index (χ0v) is 12.8. The van der Waals surface area contributed by atoms with Gasteiger partial charge in [0.25, 0.3) is 0 Å². The Morgan fingerprint density at radius 2 is 2.00 bits per heavy atom. The number of halogens is 2. The molecule has 1 amide bonds. The molecule has 5 nitrogen and oxygen atoms in total. The van der Waals surface area contributed by atoms with Gasteiger partial charge in [0.2, 0.25) is 5.91 Å². The maximum Gasteiger partial charge on any atom is 0.317 e. The van der Waals surface area contributed by atoms with Crippen LogP contribution in [0.3, 0.4) is 0 Å². The quantitative estimate of drug-likeness (QED) is 0.806. The molecule has 1 saturated carbocycles. The minimum atomic E-state index is -0.941. The lowest BCUT2D eigenvalue weighted by atomic mass is 10.3. The fourth-order valence-electron chi connectivity index (χ4n) is 2.03. The van der Waals surface area contributed by atoms with Crippen LogP contribution in [0.1, 0.15) is 12.8 Å². The maximum atomic E-state index is 12.0. The van der Waals surface area contributed by atoms with Gasteiger partial charge in [0.1, 0.15) is 0 Å². The van der Waals surface area contributed by atoms with Gasteiger partial charge in [-0.2, -0.15) is 0 Å². The number of amides is 1. The van der Waals surface area contributed by atoms with E-state index in [1.54, 1.807) is 23.1 Å². The number of nitrogens with one attached hydrogen (secondary N) is 1. The number of rotatable bonds is 7. The Kier molecular flexibility index (Phi) is 5.45. The summed E-state index contributed by atoms with van der Waals surface area (Å²) in [4.78, 5) is 24.5. The number of anilines is 1. The lowest BCUT2D eigenvalue weighted by molar-refractivity contribution is -0.138. The van der Waals surface area contributed by atoms with E-state index in [0.717, 1.165) is 12.8 Å². The van der Waals surface area contributed by atoms with E-state index in [1.165, 1.54) is 0 Å². The summed E-state index contributed by atoms with van der Waals surface area (Å²) in [6, 6.07) is 4.78. The van der Waals surface area contributed by atoms with E-state index in [4.69, 9.17) is 28.3 Å². The molecule has 0 saturated heterocycles. The normalized spacial score (nSPS) is 14.2. The van der Waals surface area contributed by atoms with Crippen molar-refractivity contribution in [3.05, 3.63) is 28.2 Å². The highest BCUT2D eigenvalue weighted by atomic mass is 35.5. The number of hydrogen-bond acceptors (Lipinski definition) is 3. The SMILES string of the molecule is O=C(O)CN(CC(=O)Nc1cc(Cl)ccc1Cl)CC1CC1. The highest BCUT2D eigenvalue weighted by Gasteiger charge is 2.26. The third-order valence-corrected chi connectivity index (χ3v) is 3.71. The Labute approximate surface area is 132 Å². The van der Waals surface area contributed by atoms with Crippen molar-refractivity contribution in [1.82, 2.24) is 4.90 Å². The second kappa shape index (κ2) is 7.11. The number of aliphatic carboxylic acids is 1. The van der Waals surface area contributed by atoms with E-state index in [1.807, 2.05) is 0 Å². The van der Waals surface area contributed by atoms with Crippen molar-refractivity contribution in [2.75, 3.05) is 25.0 Å². The van der Waals surface area contributed by atoms with Gasteiger partial charge in [-0.15, -0.1) is 0 Å². The summed E-state index contributed by atoms with van der Waals surface area (Å²) in [7, 11) is 0. The van der Waals surface area contributed by atoms with Gasteiger partial charge >= 0.3 is 5.97 Å². The van der Waals surface area contributed by atoms with Crippen molar-refractivity contribution >= 4 is 40.8 Å². The van der Waals surface area contributed by atoms with Gasteiger partial charge < -0.3 is 10.4 Å². The molecular weight excluding hydrogens is 315 g/mol. The molecule has 0 heterocycles. The van der Waals surface area contributed by atoms with Gasteiger partial charge in [0.05, 0.1) is 23.8 Å². The molecule has 0 unspecified atom stereocenters. The van der Waals surface area contributed by atoms with E-state index in [2.05, 4.69) is 5.32 Å². The van der Waals surface area contributed by atoms with Crippen LogP contribution in [0.2, 0.25) is 10.0 Å². The van der Waals surface area contributed by atoms with E-state index < -0.39 is 5.97 Å². The summed E-state index contributed by atoms with van der Waals surface area (Å²) in [5, 5.41) is 12.4. The van der Waals surface area contributed by atoms with Gasteiger partial charge in [-0.25, -0.2) is 0 Å². The molecule has 0 aromatic heterocycles. The van der Waals surface area contributed by atoms with Crippen molar-refractivity contribution in [3.63, 3.8) is 0 Å². The number of nitrogens with zero attached hydrogens (tertiary/aromatic N) is 1. The summed E-state index contributed by atoms with van der Waals surface area (Å²) >= 11 is 11.8. The van der Waals surface area contributed by atoms with Gasteiger partial charge in [-0.3, -0.25) is 14.5 Å². The Morgan fingerprint density at radius 1 is 1.29 bits per heavy atom. The highest BCUT2D eigenvalue weighted by molar-refractivity contribution is 6.35. The van der Waals surface area contributed by atoms with E-state index in [9.17, 15) is 9.59 Å². The lowest BCUT2D eigenvalue weighted by Crippen LogP contribution is -2.38. The largest absolute Gasteiger partial charge is 0.480 e. The van der Waals surface area contributed by atoms with Crippen molar-refractivity contribution in [1.29, 1.82) is 0 Å². The molecule has 1 aliphatic rings. The molecule has 1 aromatic carbocycles. The standard InChI is InChI=1S/C14H16Cl2N2O3/c15-10-3-4-11(16)12(5-10)17-13(19)7-18(8-14(20)21)6-9-1-2-9/h3-5,9H,1-2,6-8H2,(H,17,19)(H,20,21). The number of carbonyl (C=O) groups excluding carboxylic acids is 1. The Bertz CT molecular complexity index is 547. The molecule has 1 aliphatic carbocycles. The van der Waals surface area contributed by atoms with Crippen LogP contribution >= 0.6 is 23.2 Å². The number of carboxylic acids is 1. The van der Waals surface area contributed by atoms with Gasteiger partial charge in [-0.1, -0.05) is 23.2 Å². The van der Waals surface area contributed by atoms with Crippen molar-refractivity contribution in [2.45, 2.75) is 12.8 Å². The molecule has 0 atom stereocenters. The topological polar surface area (TPSA) is 69.6 Å². The molecule has 2 rings (SSSR count). The minimum Gasteiger partial charge on any atom is -0.480 e. The summed E-state index contributed by atoms with van der Waals surface area (Å²) in [6.07, 6.45) is 2.19. The number of hydrogen-bond donors (Lipinski definition) is 2. The summed E-state index contributed by atoms with van der Waals surface area (Å²) in [6.45, 7) is 0.502. The minimum absolute atomic E-state index is 0.0195. The molecule has 7 heteroatoms. The van der Waals surface area contributed by atoms with Crippen molar-refractivity contribution in [3.8, 4) is 0 Å². The van der Waals surface area contributed by atoms with Crippen LogP contribution in [0, 0.1) is 5.92 Å². The molecule has 114 valence electrons. The fraction of sp³-hybridized carbons (Fsp3) is 0.429. The van der Waals surface area contributed by atoms with Gasteiger partial charge in [0.15, 0.2) is 0 Å². The van der Waals surface area contributed by atoms with Crippen LogP contribution in [-0.2, 0) is 9.59 Å². The number of benzene rings is 1. The van der Waals surface area contributed by atoms with E-state index in [-0.39, 0.29) is 19.0 Å². The van der Waals surface area contributed by atoms with Gasteiger partial charge in [0, 0.05) is 11.6 Å². The molecular formula is C14H16Cl2N2O3. The number of carbonyl (C=O) groups is 2. The first-order valence-corrected chi connectivity index (χ1v) is 7.38. The fourth-order valence-corrected chi connectivity index (χ4v) is 2.36. The van der Waals surface area contributed by atoms with Gasteiger partial charge in [-0.05, 0) is 37.0 Å². The first-order valence-electron chi connectivity index (χ1n) is 6.63. The van der Waals surface area contributed by atoms with E-state index in [0.29, 0.717) is 28.2 Å². The average molecular weight is 331 g/mol. The van der Waals surface area contributed by atoms with Crippen LogP contribution in [0.4, 0.5) is 5.69 Å². The molecule has 0 bridgehead atoms. The van der Waals surface area contributed by atoms with Crippen molar-refractivity contribution < 1.29 is 14.7 Å². The van der Waals surface area contributed by atoms with E-state index >= 15 is 0 Å². The Morgan fingerprint density at radius 3 is 2.62 bits per heavy atom. The second-order valence-electron chi connectivity index (χ2n) is 5.18. The maximum absolute atomic E-state index is 12.0. The predicted molar refractivity (Wildman–Crippen MR) is 81.9 cm³/mol. The molecule has 2 N–H and O–H groups in total. The smallest absolute Gasteiger partial charge is 0.317 e. The zero-order chi connectivity index (χ0) is 15.4.